The number of benzene rings is 1. The Balaban J connectivity index is 0.000000198. The number of carbonyl (C=O) groups excluding carboxylic acids is 1. The number of anilines is 1. The van der Waals surface area contributed by atoms with Crippen molar-refractivity contribution in [2.45, 2.75) is 6.42 Å². The summed E-state index contributed by atoms with van der Waals surface area (Å²) in [5, 5.41) is 10.2. The van der Waals surface area contributed by atoms with Crippen molar-refractivity contribution in [1.82, 2.24) is 15.2 Å². The number of hydrogen-bond acceptors (Lipinski definition) is 4. The summed E-state index contributed by atoms with van der Waals surface area (Å²) in [6, 6.07) is 12.5. The van der Waals surface area contributed by atoms with Gasteiger partial charge in [0.25, 0.3) is 0 Å². The SMILES string of the molecule is CNc1ccc(=O)[nH]c1.O=Cc1cc(Cc2cccc(Cl)c2)[nH]n1. The minimum absolute atomic E-state index is 0.0750. The van der Waals surface area contributed by atoms with Crippen LogP contribution in [0.3, 0.4) is 0 Å². The second-order valence-electron chi connectivity index (χ2n) is 4.93. The summed E-state index contributed by atoms with van der Waals surface area (Å²) in [6.07, 6.45) is 3.04. The zero-order valence-corrected chi connectivity index (χ0v) is 13.8. The van der Waals surface area contributed by atoms with E-state index in [0.717, 1.165) is 23.2 Å². The molecular weight excluding hydrogens is 328 g/mol. The molecule has 2 aromatic heterocycles. The molecule has 6 nitrogen and oxygen atoms in total. The number of aromatic nitrogens is 3. The van der Waals surface area contributed by atoms with Crippen LogP contribution in [0.2, 0.25) is 5.02 Å². The number of H-pyrrole nitrogens is 2. The molecule has 0 radical (unpaired) electrons. The molecule has 0 saturated carbocycles. The average molecular weight is 345 g/mol. The van der Waals surface area contributed by atoms with Crippen molar-refractivity contribution in [3.05, 3.63) is 81.0 Å². The molecule has 3 aromatic rings. The maximum absolute atomic E-state index is 10.5. The number of nitrogens with zero attached hydrogens (tertiary/aromatic N) is 1. The molecule has 0 aliphatic heterocycles. The topological polar surface area (TPSA) is 90.6 Å². The van der Waals surface area contributed by atoms with Gasteiger partial charge in [-0.15, -0.1) is 0 Å². The third-order valence-electron chi connectivity index (χ3n) is 3.13. The highest BCUT2D eigenvalue weighted by molar-refractivity contribution is 6.30. The van der Waals surface area contributed by atoms with E-state index in [1.165, 1.54) is 6.07 Å². The van der Waals surface area contributed by atoms with Crippen molar-refractivity contribution in [2.75, 3.05) is 12.4 Å². The Morgan fingerprint density at radius 2 is 2.08 bits per heavy atom. The molecular formula is C17H17ClN4O2. The highest BCUT2D eigenvalue weighted by atomic mass is 35.5. The average Bonchev–Trinajstić information content (AvgIpc) is 3.04. The third kappa shape index (κ3) is 5.40. The van der Waals surface area contributed by atoms with Gasteiger partial charge in [-0.2, -0.15) is 5.10 Å². The number of pyridine rings is 1. The molecule has 3 N–H and O–H groups in total. The van der Waals surface area contributed by atoms with Gasteiger partial charge >= 0.3 is 0 Å². The van der Waals surface area contributed by atoms with Gasteiger partial charge < -0.3 is 10.3 Å². The molecule has 7 heteroatoms. The first-order valence-electron chi connectivity index (χ1n) is 7.21. The van der Waals surface area contributed by atoms with E-state index in [1.807, 2.05) is 24.3 Å². The van der Waals surface area contributed by atoms with Gasteiger partial charge in [-0.25, -0.2) is 0 Å². The monoisotopic (exact) mass is 344 g/mol. The molecule has 0 saturated heterocycles. The number of carbonyl (C=O) groups is 1. The van der Waals surface area contributed by atoms with Crippen molar-refractivity contribution in [3.63, 3.8) is 0 Å². The molecule has 0 aliphatic carbocycles. The maximum atomic E-state index is 10.5. The van der Waals surface area contributed by atoms with Crippen LogP contribution >= 0.6 is 11.6 Å². The Kier molecular flexibility index (Phi) is 6.33. The quantitative estimate of drug-likeness (QED) is 0.635. The normalized spacial score (nSPS) is 9.75. The van der Waals surface area contributed by atoms with Crippen LogP contribution in [0.5, 0.6) is 0 Å². The summed E-state index contributed by atoms with van der Waals surface area (Å²) in [7, 11) is 1.80. The Morgan fingerprint density at radius 1 is 1.25 bits per heavy atom. The first-order chi connectivity index (χ1) is 11.6. The van der Waals surface area contributed by atoms with Gasteiger partial charge in [-0.05, 0) is 29.8 Å². The summed E-state index contributed by atoms with van der Waals surface area (Å²) in [5.74, 6) is 0. The van der Waals surface area contributed by atoms with Gasteiger partial charge in [0.2, 0.25) is 5.56 Å². The van der Waals surface area contributed by atoms with Crippen LogP contribution in [0.25, 0.3) is 0 Å². The summed E-state index contributed by atoms with van der Waals surface area (Å²) in [6.45, 7) is 0. The second-order valence-corrected chi connectivity index (χ2v) is 5.37. The van der Waals surface area contributed by atoms with Crippen LogP contribution in [0.1, 0.15) is 21.7 Å². The molecule has 24 heavy (non-hydrogen) atoms. The van der Waals surface area contributed by atoms with Crippen molar-refractivity contribution in [1.29, 1.82) is 0 Å². The number of rotatable bonds is 4. The van der Waals surface area contributed by atoms with E-state index < -0.39 is 0 Å². The van der Waals surface area contributed by atoms with E-state index in [0.29, 0.717) is 17.1 Å². The minimum Gasteiger partial charge on any atom is -0.387 e. The smallest absolute Gasteiger partial charge is 0.248 e. The lowest BCUT2D eigenvalue weighted by Crippen LogP contribution is -2.02. The Bertz CT molecular complexity index is 837. The number of hydrogen-bond donors (Lipinski definition) is 3. The summed E-state index contributed by atoms with van der Waals surface area (Å²) >= 11 is 5.86. The lowest BCUT2D eigenvalue weighted by molar-refractivity contribution is 0.111. The number of nitrogens with one attached hydrogen (secondary N) is 3. The maximum Gasteiger partial charge on any atom is 0.248 e. The van der Waals surface area contributed by atoms with Crippen LogP contribution < -0.4 is 10.9 Å². The van der Waals surface area contributed by atoms with Gasteiger partial charge in [0.15, 0.2) is 6.29 Å². The van der Waals surface area contributed by atoms with Crippen LogP contribution in [0.15, 0.2) is 53.5 Å². The minimum atomic E-state index is -0.0750. The fraction of sp³-hybridized carbons (Fsp3) is 0.118. The first kappa shape index (κ1) is 17.5. The summed E-state index contributed by atoms with van der Waals surface area (Å²) < 4.78 is 0. The fourth-order valence-electron chi connectivity index (χ4n) is 1.96. The molecule has 0 amide bonds. The first-order valence-corrected chi connectivity index (χ1v) is 7.59. The van der Waals surface area contributed by atoms with E-state index in [2.05, 4.69) is 20.5 Å². The highest BCUT2D eigenvalue weighted by Crippen LogP contribution is 2.13. The molecule has 0 aliphatic rings. The lowest BCUT2D eigenvalue weighted by atomic mass is 10.1. The zero-order valence-electron chi connectivity index (χ0n) is 13.0. The van der Waals surface area contributed by atoms with E-state index in [9.17, 15) is 9.59 Å². The van der Waals surface area contributed by atoms with Crippen LogP contribution in [-0.4, -0.2) is 28.5 Å². The molecule has 0 fully saturated rings. The fourth-order valence-corrected chi connectivity index (χ4v) is 2.18. The van der Waals surface area contributed by atoms with Crippen LogP contribution in [0, 0.1) is 0 Å². The molecule has 0 unspecified atom stereocenters. The van der Waals surface area contributed by atoms with Gasteiger partial charge in [0.05, 0.1) is 5.69 Å². The van der Waals surface area contributed by atoms with Gasteiger partial charge in [-0.3, -0.25) is 14.7 Å². The van der Waals surface area contributed by atoms with Gasteiger partial charge in [-0.1, -0.05) is 23.7 Å². The van der Waals surface area contributed by atoms with Crippen molar-refractivity contribution in [3.8, 4) is 0 Å². The van der Waals surface area contributed by atoms with Crippen LogP contribution in [-0.2, 0) is 6.42 Å². The van der Waals surface area contributed by atoms with Crippen molar-refractivity contribution in [2.24, 2.45) is 0 Å². The van der Waals surface area contributed by atoms with E-state index in [1.54, 1.807) is 25.4 Å². The van der Waals surface area contributed by atoms with Crippen molar-refractivity contribution < 1.29 is 4.79 Å². The largest absolute Gasteiger partial charge is 0.387 e. The number of halogens is 1. The molecule has 3 rings (SSSR count). The Labute approximate surface area is 143 Å². The van der Waals surface area contributed by atoms with Crippen LogP contribution in [0.4, 0.5) is 5.69 Å². The predicted molar refractivity (Wildman–Crippen MR) is 94.8 cm³/mol. The summed E-state index contributed by atoms with van der Waals surface area (Å²) in [4.78, 5) is 23.4. The molecule has 124 valence electrons. The van der Waals surface area contributed by atoms with Gasteiger partial charge in [0, 0.05) is 36.4 Å². The van der Waals surface area contributed by atoms with Crippen molar-refractivity contribution >= 4 is 23.6 Å². The molecule has 0 bridgehead atoms. The Morgan fingerprint density at radius 3 is 2.67 bits per heavy atom. The van der Waals surface area contributed by atoms with E-state index >= 15 is 0 Å². The molecule has 2 heterocycles. The zero-order chi connectivity index (χ0) is 17.4. The van der Waals surface area contributed by atoms with E-state index in [-0.39, 0.29) is 5.56 Å². The molecule has 0 spiro atoms. The standard InChI is InChI=1S/C11H9ClN2O.C6H8N2O/c12-9-3-1-2-8(4-9)5-10-6-11(7-15)14-13-10;1-7-5-2-3-6(9)8-4-5/h1-4,6-7H,5H2,(H,13,14);2-4,7H,1H3,(H,8,9). The molecule has 1 aromatic carbocycles. The third-order valence-corrected chi connectivity index (χ3v) is 3.36. The van der Waals surface area contributed by atoms with E-state index in [4.69, 9.17) is 11.6 Å². The van der Waals surface area contributed by atoms with Gasteiger partial charge in [0.1, 0.15) is 5.69 Å². The lowest BCUT2D eigenvalue weighted by Gasteiger charge is -1.98. The highest BCUT2D eigenvalue weighted by Gasteiger charge is 2.01. The summed E-state index contributed by atoms with van der Waals surface area (Å²) in [5.41, 5.74) is 3.25. The number of aldehydes is 1. The predicted octanol–water partition coefficient (Wildman–Crippen LogP) is 2.88. The Hall–Kier alpha value is -2.86. The second kappa shape index (κ2) is 8.69. The molecule has 0 atom stereocenters. The number of aromatic amines is 2.